The van der Waals surface area contributed by atoms with Crippen LogP contribution in [0.5, 0.6) is 5.75 Å². The van der Waals surface area contributed by atoms with E-state index in [1.54, 1.807) is 43.5 Å². The van der Waals surface area contributed by atoms with Crippen molar-refractivity contribution >= 4 is 27.2 Å². The largest absolute Gasteiger partial charge is 0.497 e. The van der Waals surface area contributed by atoms with Gasteiger partial charge < -0.3 is 10.1 Å². The summed E-state index contributed by atoms with van der Waals surface area (Å²) in [6, 6.07) is 15.3. The Labute approximate surface area is 187 Å². The molecule has 1 unspecified atom stereocenters. The summed E-state index contributed by atoms with van der Waals surface area (Å²) in [5.41, 5.74) is 1.96. The zero-order chi connectivity index (χ0) is 23.1. The van der Waals surface area contributed by atoms with Gasteiger partial charge in [-0.1, -0.05) is 17.9 Å². The first-order valence-electron chi connectivity index (χ1n) is 9.52. The van der Waals surface area contributed by atoms with Crippen molar-refractivity contribution in [2.75, 3.05) is 18.7 Å². The molecular weight excluding hydrogens is 426 g/mol. The lowest BCUT2D eigenvalue weighted by Crippen LogP contribution is -2.08. The van der Waals surface area contributed by atoms with Crippen molar-refractivity contribution in [2.45, 2.75) is 11.8 Å². The van der Waals surface area contributed by atoms with Crippen LogP contribution in [0, 0.1) is 11.8 Å². The van der Waals surface area contributed by atoms with Gasteiger partial charge in [-0.2, -0.15) is 4.36 Å². The van der Waals surface area contributed by atoms with Crippen molar-refractivity contribution in [3.63, 3.8) is 0 Å². The van der Waals surface area contributed by atoms with Crippen LogP contribution in [-0.2, 0) is 14.5 Å². The van der Waals surface area contributed by atoms with Crippen LogP contribution in [-0.4, -0.2) is 34.4 Å². The fraction of sp³-hybridized carbons (Fsp3) is 0.125. The van der Waals surface area contributed by atoms with Gasteiger partial charge in [0, 0.05) is 47.3 Å². The van der Waals surface area contributed by atoms with Gasteiger partial charge in [0.1, 0.15) is 5.75 Å². The fourth-order valence-electron chi connectivity index (χ4n) is 2.72. The summed E-state index contributed by atoms with van der Waals surface area (Å²) in [6.07, 6.45) is 4.26. The number of pyridine rings is 1. The van der Waals surface area contributed by atoms with Crippen molar-refractivity contribution in [1.82, 2.24) is 4.98 Å². The third-order valence-corrected chi connectivity index (χ3v) is 5.92. The summed E-state index contributed by atoms with van der Waals surface area (Å²) < 4.78 is 22.1. The molecule has 1 N–H and O–H groups in total. The van der Waals surface area contributed by atoms with Crippen molar-refractivity contribution in [2.24, 2.45) is 4.36 Å². The predicted molar refractivity (Wildman–Crippen MR) is 123 cm³/mol. The van der Waals surface area contributed by atoms with Gasteiger partial charge in [0.15, 0.2) is 0 Å². The van der Waals surface area contributed by atoms with E-state index < -0.39 is 15.6 Å². The van der Waals surface area contributed by atoms with Crippen molar-refractivity contribution < 1.29 is 18.5 Å². The third-order valence-electron chi connectivity index (χ3n) is 4.28. The van der Waals surface area contributed by atoms with Gasteiger partial charge in [-0.25, -0.2) is 4.21 Å². The number of hydrogen-bond donors (Lipinski definition) is 1. The minimum atomic E-state index is -3.04. The Balaban J connectivity index is 1.85. The molecular formula is C24H21N3O4S. The van der Waals surface area contributed by atoms with Gasteiger partial charge in [-0.15, -0.1) is 0 Å². The number of nitrogens with one attached hydrogen (secondary N) is 1. The topological polar surface area (TPSA) is 97.7 Å². The lowest BCUT2D eigenvalue weighted by Gasteiger charge is -2.07. The highest BCUT2D eigenvalue weighted by atomic mass is 32.2. The quantitative estimate of drug-likeness (QED) is 0.615. The van der Waals surface area contributed by atoms with Crippen LogP contribution < -0.4 is 10.1 Å². The fourth-order valence-corrected chi connectivity index (χ4v) is 3.92. The van der Waals surface area contributed by atoms with Crippen LogP contribution in [0.1, 0.15) is 28.4 Å². The molecule has 0 aliphatic rings. The number of nitrogens with zero attached hydrogens (tertiary/aromatic N) is 2. The molecule has 1 aromatic heterocycles. The molecule has 32 heavy (non-hydrogen) atoms. The van der Waals surface area contributed by atoms with Gasteiger partial charge in [-0.3, -0.25) is 14.6 Å². The van der Waals surface area contributed by atoms with Crippen LogP contribution in [0.3, 0.4) is 0 Å². The number of amides is 2. The number of carbonyl (C=O) groups is 2. The Bertz CT molecular complexity index is 1350. The Morgan fingerprint density at radius 2 is 1.75 bits per heavy atom. The molecule has 8 heteroatoms. The molecule has 7 nitrogen and oxygen atoms in total. The van der Waals surface area contributed by atoms with Gasteiger partial charge in [-0.05, 0) is 48.5 Å². The zero-order valence-corrected chi connectivity index (χ0v) is 18.6. The number of methoxy groups -OCH3 is 1. The average molecular weight is 448 g/mol. The second-order valence-corrected chi connectivity index (χ2v) is 9.11. The molecule has 0 saturated heterocycles. The molecule has 0 aliphatic heterocycles. The summed E-state index contributed by atoms with van der Waals surface area (Å²) in [5.74, 6) is 5.77. The Kier molecular flexibility index (Phi) is 7.03. The number of rotatable bonds is 4. The van der Waals surface area contributed by atoms with E-state index in [0.717, 1.165) is 11.3 Å². The number of ether oxygens (including phenoxy) is 1. The van der Waals surface area contributed by atoms with Crippen molar-refractivity contribution in [1.29, 1.82) is 0 Å². The first-order chi connectivity index (χ1) is 15.3. The van der Waals surface area contributed by atoms with Crippen LogP contribution in [0.25, 0.3) is 0 Å². The molecule has 1 heterocycles. The maximum absolute atomic E-state index is 13.1. The minimum absolute atomic E-state index is 0.180. The van der Waals surface area contributed by atoms with Crippen LogP contribution in [0.4, 0.5) is 5.69 Å². The first kappa shape index (κ1) is 22.7. The van der Waals surface area contributed by atoms with E-state index in [1.165, 1.54) is 31.6 Å². The Morgan fingerprint density at radius 3 is 2.44 bits per heavy atom. The van der Waals surface area contributed by atoms with E-state index in [0.29, 0.717) is 16.1 Å². The van der Waals surface area contributed by atoms with Crippen LogP contribution in [0.15, 0.2) is 76.2 Å². The summed E-state index contributed by atoms with van der Waals surface area (Å²) in [6.45, 7) is 1.38. The predicted octanol–water partition coefficient (Wildman–Crippen LogP) is 3.75. The number of carbonyl (C=O) groups excluding carboxylic acids is 2. The smallest absolute Gasteiger partial charge is 0.286 e. The summed E-state index contributed by atoms with van der Waals surface area (Å²) >= 11 is 0. The maximum atomic E-state index is 13.1. The van der Waals surface area contributed by atoms with E-state index in [1.807, 2.05) is 12.1 Å². The van der Waals surface area contributed by atoms with E-state index >= 15 is 0 Å². The summed E-state index contributed by atoms with van der Waals surface area (Å²) in [7, 11) is -1.45. The zero-order valence-electron chi connectivity index (χ0n) is 17.8. The number of benzene rings is 2. The second-order valence-electron chi connectivity index (χ2n) is 6.85. The Morgan fingerprint density at radius 1 is 1.03 bits per heavy atom. The molecule has 3 aromatic rings. The lowest BCUT2D eigenvalue weighted by atomic mass is 10.1. The number of hydrogen-bond acceptors (Lipinski definition) is 5. The molecule has 0 fully saturated rings. The second kappa shape index (κ2) is 9.90. The molecule has 162 valence electrons. The van der Waals surface area contributed by atoms with Gasteiger partial charge in [0.2, 0.25) is 5.91 Å². The molecule has 2 aromatic carbocycles. The highest BCUT2D eigenvalue weighted by Crippen LogP contribution is 2.18. The molecule has 0 bridgehead atoms. The van der Waals surface area contributed by atoms with Crippen molar-refractivity contribution in [3.05, 3.63) is 83.7 Å². The normalized spacial score (nSPS) is 12.0. The number of anilines is 1. The van der Waals surface area contributed by atoms with Gasteiger partial charge in [0.05, 0.1) is 22.4 Å². The van der Waals surface area contributed by atoms with E-state index in [2.05, 4.69) is 26.5 Å². The maximum Gasteiger partial charge on any atom is 0.286 e. The molecule has 1 atom stereocenters. The molecule has 0 aliphatic carbocycles. The first-order valence-corrected chi connectivity index (χ1v) is 11.4. The van der Waals surface area contributed by atoms with Crippen LogP contribution >= 0.6 is 0 Å². The average Bonchev–Trinajstić information content (AvgIpc) is 2.77. The molecule has 0 spiro atoms. The van der Waals surface area contributed by atoms with E-state index in [4.69, 9.17) is 4.74 Å². The third kappa shape index (κ3) is 6.03. The monoisotopic (exact) mass is 447 g/mol. The summed E-state index contributed by atoms with van der Waals surface area (Å²) in [4.78, 5) is 28.3. The molecule has 2 amide bonds. The lowest BCUT2D eigenvalue weighted by molar-refractivity contribution is -0.114. The van der Waals surface area contributed by atoms with Gasteiger partial charge in [0.25, 0.3) is 5.91 Å². The van der Waals surface area contributed by atoms with Crippen LogP contribution in [0.2, 0.25) is 0 Å². The summed E-state index contributed by atoms with van der Waals surface area (Å²) in [5, 5.41) is 2.62. The molecule has 0 radical (unpaired) electrons. The van der Waals surface area contributed by atoms with E-state index in [9.17, 15) is 13.8 Å². The Hall–Kier alpha value is -3.96. The van der Waals surface area contributed by atoms with Gasteiger partial charge >= 0.3 is 0 Å². The highest BCUT2D eigenvalue weighted by Gasteiger charge is 2.13. The molecule has 3 rings (SSSR count). The van der Waals surface area contributed by atoms with Crippen molar-refractivity contribution in [3.8, 4) is 17.6 Å². The SMILES string of the molecule is COc1ccc(C#Cc2cncc(C(=O)N=S(C)(=O)c3cccc(NC(C)=O)c3)c2)cc1. The van der Waals surface area contributed by atoms with E-state index in [-0.39, 0.29) is 11.5 Å². The molecule has 0 saturated carbocycles. The minimum Gasteiger partial charge on any atom is -0.497 e. The number of aromatic nitrogens is 1. The highest BCUT2D eigenvalue weighted by molar-refractivity contribution is 7.93. The standard InChI is InChI=1S/C24H21N3O4S/c1-17(28)26-21-5-4-6-23(14-21)32(3,30)27-24(29)20-13-19(15-25-16-20)8-7-18-9-11-22(31-2)12-10-18/h4-6,9-16H,1-3H3,(H,26,28).